The Bertz CT molecular complexity index is 1780. The van der Waals surface area contributed by atoms with Crippen LogP contribution in [0.3, 0.4) is 0 Å². The molecule has 2 atom stereocenters. The summed E-state index contributed by atoms with van der Waals surface area (Å²) in [5.41, 5.74) is 20.6. The third-order valence-electron chi connectivity index (χ3n) is 7.46. The molecular weight excluding hydrogens is 703 g/mol. The molecule has 2 aliphatic heterocycles. The lowest BCUT2D eigenvalue weighted by Crippen LogP contribution is -2.71. The number of nitrogens with one attached hydrogen (secondary N) is 3. The second-order valence-electron chi connectivity index (χ2n) is 11.4. The van der Waals surface area contributed by atoms with Crippen LogP contribution in [0, 0.1) is 0 Å². The van der Waals surface area contributed by atoms with Gasteiger partial charge in [-0.3, -0.25) is 24.1 Å². The number of thioether (sulfide) groups is 1. The standard InChI is InChI=1S/C26H35N13O9S2/c1-26(2,24(46)47)48-35-15(19-34-25(30)50-36-19)20(42)33-16-21(43)39-17(23(44)45)10(9-49-22(16)39)7-38-8-12(18(29)37(38)3)32-14(41)4-13(40)31-11(5-27)6-28/h8,11,16,22,29H,4-7,9,27-28H2,1-3H3,(H7,30,31,32,33,34,36,40,41,42,44,45,46,47)/p+1/b35-15-/t16-,22?/m1/s1. The van der Waals surface area contributed by atoms with Crippen molar-refractivity contribution in [1.82, 2.24) is 29.6 Å². The lowest BCUT2D eigenvalue weighted by atomic mass is 10.0. The number of oxime groups is 1. The minimum absolute atomic E-state index is 0.0189. The predicted molar refractivity (Wildman–Crippen MR) is 177 cm³/mol. The molecule has 4 amide bonds. The van der Waals surface area contributed by atoms with Gasteiger partial charge in [-0.15, -0.1) is 21.1 Å². The van der Waals surface area contributed by atoms with Gasteiger partial charge in [-0.2, -0.15) is 9.36 Å². The highest BCUT2D eigenvalue weighted by Crippen LogP contribution is 2.40. The number of amides is 4. The van der Waals surface area contributed by atoms with Gasteiger partial charge < -0.3 is 53.9 Å². The van der Waals surface area contributed by atoms with Gasteiger partial charge in [0.15, 0.2) is 23.2 Å². The Morgan fingerprint density at radius 3 is 2.44 bits per heavy atom. The first kappa shape index (κ1) is 37.5. The molecule has 1 unspecified atom stereocenters. The van der Waals surface area contributed by atoms with Crippen LogP contribution in [0.1, 0.15) is 26.1 Å². The quantitative estimate of drug-likeness (QED) is 0.0277. The van der Waals surface area contributed by atoms with E-state index in [1.807, 2.05) is 0 Å². The summed E-state index contributed by atoms with van der Waals surface area (Å²) in [5.74, 6) is -5.81. The van der Waals surface area contributed by atoms with Crippen molar-refractivity contribution >= 4 is 81.2 Å². The van der Waals surface area contributed by atoms with Crippen LogP contribution >= 0.6 is 23.3 Å². The summed E-state index contributed by atoms with van der Waals surface area (Å²) in [6.45, 7) is 2.54. The largest absolute Gasteiger partial charge is 0.478 e. The number of hydrogen-bond donors (Lipinski definition) is 9. The van der Waals surface area contributed by atoms with Crippen molar-refractivity contribution in [2.45, 2.75) is 49.9 Å². The number of fused-ring (bicyclic) bond motifs is 1. The number of aromatic nitrogens is 4. The molecule has 22 nitrogen and oxygen atoms in total. The van der Waals surface area contributed by atoms with E-state index in [1.54, 1.807) is 7.05 Å². The van der Waals surface area contributed by atoms with Crippen LogP contribution in [0.5, 0.6) is 0 Å². The molecule has 1 fully saturated rings. The third-order valence-corrected chi connectivity index (χ3v) is 9.34. The molecule has 50 heavy (non-hydrogen) atoms. The molecule has 0 aromatic carbocycles. The lowest BCUT2D eigenvalue weighted by Gasteiger charge is -2.49. The van der Waals surface area contributed by atoms with Gasteiger partial charge in [-0.25, -0.2) is 9.59 Å². The van der Waals surface area contributed by atoms with Gasteiger partial charge in [-0.1, -0.05) is 5.16 Å². The molecule has 0 spiro atoms. The number of anilines is 3. The first-order valence-electron chi connectivity index (χ1n) is 14.6. The molecule has 4 heterocycles. The van der Waals surface area contributed by atoms with E-state index in [-0.39, 0.29) is 53.5 Å². The predicted octanol–water partition coefficient (Wildman–Crippen LogP) is -3.92. The van der Waals surface area contributed by atoms with Gasteiger partial charge in [0.05, 0.1) is 13.1 Å². The summed E-state index contributed by atoms with van der Waals surface area (Å²) >= 11 is 1.92. The van der Waals surface area contributed by atoms with Crippen LogP contribution < -0.4 is 43.6 Å². The normalized spacial score (nSPS) is 17.6. The number of nitrogens with two attached hydrogens (primary N) is 4. The van der Waals surface area contributed by atoms with E-state index < -0.39 is 70.8 Å². The molecule has 2 aromatic rings. The maximum absolute atomic E-state index is 13.3. The first-order valence-corrected chi connectivity index (χ1v) is 16.4. The lowest BCUT2D eigenvalue weighted by molar-refractivity contribution is -0.765. The zero-order chi connectivity index (χ0) is 37.1. The van der Waals surface area contributed by atoms with E-state index in [0.717, 1.165) is 16.4 Å². The van der Waals surface area contributed by atoms with E-state index in [2.05, 4.69) is 30.5 Å². The number of aliphatic carboxylic acids is 2. The van der Waals surface area contributed by atoms with Crippen molar-refractivity contribution < 1.29 is 48.5 Å². The molecule has 2 aliphatic rings. The summed E-state index contributed by atoms with van der Waals surface area (Å²) in [6, 6.07) is -1.68. The van der Waals surface area contributed by atoms with Crippen molar-refractivity contribution in [3.63, 3.8) is 0 Å². The maximum Gasteiger partial charge on any atom is 0.352 e. The Morgan fingerprint density at radius 1 is 1.18 bits per heavy atom. The summed E-state index contributed by atoms with van der Waals surface area (Å²) in [7, 11) is 1.57. The number of rotatable bonds is 15. The van der Waals surface area contributed by atoms with Gasteiger partial charge in [-0.05, 0) is 13.8 Å². The molecule has 24 heteroatoms. The Kier molecular flexibility index (Phi) is 11.3. The average molecular weight is 739 g/mol. The zero-order valence-corrected chi connectivity index (χ0v) is 28.5. The molecular formula is C26H36N13O9S2+. The Labute approximate surface area is 291 Å². The highest BCUT2D eigenvalue weighted by molar-refractivity contribution is 8.00. The third kappa shape index (κ3) is 7.93. The number of carboxylic acid groups (broad SMARTS) is 2. The van der Waals surface area contributed by atoms with Crippen molar-refractivity contribution in [2.24, 2.45) is 23.7 Å². The second kappa shape index (κ2) is 15.1. The highest BCUT2D eigenvalue weighted by Gasteiger charge is 2.55. The van der Waals surface area contributed by atoms with Crippen molar-refractivity contribution in [2.75, 3.05) is 35.6 Å². The summed E-state index contributed by atoms with van der Waals surface area (Å²) in [5, 5.41) is 29.9. The van der Waals surface area contributed by atoms with Crippen LogP contribution in [0.25, 0.3) is 0 Å². The summed E-state index contributed by atoms with van der Waals surface area (Å²) in [6.07, 6.45) is 0.923. The molecule has 0 saturated carbocycles. The van der Waals surface area contributed by atoms with E-state index in [1.165, 1.54) is 41.2 Å². The zero-order valence-electron chi connectivity index (χ0n) is 26.9. The van der Waals surface area contributed by atoms with Crippen molar-refractivity contribution in [3.8, 4) is 0 Å². The average Bonchev–Trinajstić information content (AvgIpc) is 3.59. The highest BCUT2D eigenvalue weighted by atomic mass is 32.2. The number of carbonyl (C=O) groups excluding carboxylic acids is 4. The number of hydrogen-bond acceptors (Lipinski definition) is 16. The molecule has 0 radical (unpaired) electrons. The second-order valence-corrected chi connectivity index (χ2v) is 13.3. The first-order chi connectivity index (χ1) is 23.5. The number of carboxylic acids is 2. The molecule has 270 valence electrons. The Balaban J connectivity index is 1.49. The summed E-state index contributed by atoms with van der Waals surface area (Å²) in [4.78, 5) is 85.2. The number of β-lactam (4-membered cyclic amide) rings is 1. The molecule has 0 bridgehead atoms. The molecule has 0 aliphatic carbocycles. The summed E-state index contributed by atoms with van der Waals surface area (Å²) < 4.78 is 6.88. The topological polar surface area (TPSA) is 342 Å². The molecule has 4 rings (SSSR count). The van der Waals surface area contributed by atoms with E-state index in [4.69, 9.17) is 27.8 Å². The fourth-order valence-corrected chi connectivity index (χ4v) is 6.39. The van der Waals surface area contributed by atoms with Crippen LogP contribution in [0.15, 0.2) is 22.6 Å². The van der Waals surface area contributed by atoms with Crippen LogP contribution in [0.2, 0.25) is 0 Å². The van der Waals surface area contributed by atoms with Gasteiger partial charge in [0.25, 0.3) is 11.8 Å². The Hall–Kier alpha value is -5.33. The van der Waals surface area contributed by atoms with E-state index >= 15 is 0 Å². The van der Waals surface area contributed by atoms with Crippen molar-refractivity contribution in [3.05, 3.63) is 23.3 Å². The van der Waals surface area contributed by atoms with Gasteiger partial charge in [0.1, 0.15) is 23.5 Å². The SMILES string of the molecule is Cn1c(N)c(NC(=O)CC(=O)NC(CN)CN)c[n+]1CC1=C(C(=O)O)N2C(=O)[C@@H](NC(=O)/C(=N\OC(C)(C)C(=O)O)c3nsc(N)n3)C2SC1. The van der Waals surface area contributed by atoms with Gasteiger partial charge >= 0.3 is 11.9 Å². The van der Waals surface area contributed by atoms with Gasteiger partial charge in [0, 0.05) is 35.9 Å². The smallest absolute Gasteiger partial charge is 0.352 e. The Morgan fingerprint density at radius 2 is 1.86 bits per heavy atom. The van der Waals surface area contributed by atoms with E-state index in [0.29, 0.717) is 5.57 Å². The van der Waals surface area contributed by atoms with Crippen LogP contribution in [-0.2, 0) is 47.2 Å². The van der Waals surface area contributed by atoms with E-state index in [9.17, 15) is 39.0 Å². The number of carbonyl (C=O) groups is 6. The fraction of sp³-hybridized carbons (Fsp3) is 0.462. The molecule has 1 saturated heterocycles. The number of nitrogen functional groups attached to an aromatic ring is 2. The minimum atomic E-state index is -1.84. The number of nitrogens with zero attached hydrogens (tertiary/aromatic N) is 6. The molecule has 13 N–H and O–H groups in total. The molecule has 2 aromatic heterocycles. The maximum atomic E-state index is 13.3. The minimum Gasteiger partial charge on any atom is -0.478 e. The monoisotopic (exact) mass is 738 g/mol. The van der Waals surface area contributed by atoms with Crippen molar-refractivity contribution in [1.29, 1.82) is 0 Å². The fourth-order valence-electron chi connectivity index (χ4n) is 4.62. The van der Waals surface area contributed by atoms with Crippen LogP contribution in [-0.4, -0.2) is 112 Å². The van der Waals surface area contributed by atoms with Gasteiger partial charge in [0.2, 0.25) is 35.1 Å². The van der Waals surface area contributed by atoms with Crippen LogP contribution in [0.4, 0.5) is 16.6 Å².